The zero-order valence-electron chi connectivity index (χ0n) is 13.0. The molecule has 4 nitrogen and oxygen atoms in total. The molecule has 24 heavy (non-hydrogen) atoms. The first kappa shape index (κ1) is 16.3. The maximum atomic E-state index is 12.1. The molecule has 1 aliphatic rings. The van der Waals surface area contributed by atoms with Crippen molar-refractivity contribution in [3.05, 3.63) is 82.5 Å². The fraction of sp³-hybridized carbons (Fsp3) is 0.158. The monoisotopic (exact) mass is 340 g/mol. The van der Waals surface area contributed by atoms with Gasteiger partial charge in [-0.15, -0.1) is 0 Å². The van der Waals surface area contributed by atoms with Crippen LogP contribution in [0.3, 0.4) is 0 Å². The first-order valence-corrected chi connectivity index (χ1v) is 8.10. The van der Waals surface area contributed by atoms with E-state index in [9.17, 15) is 9.59 Å². The number of hydrogen-bond donors (Lipinski definition) is 2. The number of carbonyl (C=O) groups excluding carboxylic acids is 2. The molecule has 2 aromatic rings. The molecular weight excluding hydrogens is 324 g/mol. The third-order valence-corrected chi connectivity index (χ3v) is 4.18. The highest BCUT2D eigenvalue weighted by molar-refractivity contribution is 6.30. The molecule has 1 atom stereocenters. The van der Waals surface area contributed by atoms with E-state index in [1.165, 1.54) is 0 Å². The fourth-order valence-corrected chi connectivity index (χ4v) is 2.97. The Kier molecular flexibility index (Phi) is 4.96. The Morgan fingerprint density at radius 2 is 1.83 bits per heavy atom. The number of ketones is 1. The number of halogens is 1. The van der Waals surface area contributed by atoms with E-state index in [2.05, 4.69) is 10.9 Å². The summed E-state index contributed by atoms with van der Waals surface area (Å²) in [5.41, 5.74) is 7.77. The number of hydrogen-bond acceptors (Lipinski definition) is 3. The normalized spacial score (nSPS) is 17.1. The van der Waals surface area contributed by atoms with Gasteiger partial charge in [-0.3, -0.25) is 15.0 Å². The second-order valence-corrected chi connectivity index (χ2v) is 6.18. The van der Waals surface area contributed by atoms with Gasteiger partial charge in [0.15, 0.2) is 5.78 Å². The summed E-state index contributed by atoms with van der Waals surface area (Å²) >= 11 is 5.89. The Hall–Kier alpha value is -2.59. The molecule has 0 saturated heterocycles. The van der Waals surface area contributed by atoms with E-state index < -0.39 is 0 Å². The average Bonchev–Trinajstić information content (AvgIpc) is 2.60. The largest absolute Gasteiger partial charge is 0.302 e. The molecule has 3 rings (SSSR count). The van der Waals surface area contributed by atoms with E-state index in [-0.39, 0.29) is 17.6 Å². The van der Waals surface area contributed by atoms with E-state index in [1.54, 1.807) is 30.3 Å². The molecule has 0 saturated carbocycles. The zero-order valence-corrected chi connectivity index (χ0v) is 13.7. The second kappa shape index (κ2) is 7.32. The molecule has 0 fully saturated rings. The van der Waals surface area contributed by atoms with Crippen molar-refractivity contribution in [3.63, 3.8) is 0 Å². The number of benzene rings is 2. The summed E-state index contributed by atoms with van der Waals surface area (Å²) in [6, 6.07) is 16.6. The van der Waals surface area contributed by atoms with E-state index in [0.717, 1.165) is 5.56 Å². The molecule has 0 bridgehead atoms. The SMILES string of the molecule is O=C1C=C(NNC(=O)c2cccc(Cl)c2)C[C@H](c2ccccc2)C1. The Balaban J connectivity index is 1.64. The third kappa shape index (κ3) is 4.03. The minimum Gasteiger partial charge on any atom is -0.302 e. The van der Waals surface area contributed by atoms with Crippen LogP contribution in [0.25, 0.3) is 0 Å². The summed E-state index contributed by atoms with van der Waals surface area (Å²) in [7, 11) is 0. The van der Waals surface area contributed by atoms with Gasteiger partial charge in [0.1, 0.15) is 0 Å². The molecule has 1 aliphatic carbocycles. The highest BCUT2D eigenvalue weighted by Gasteiger charge is 2.22. The summed E-state index contributed by atoms with van der Waals surface area (Å²) in [4.78, 5) is 24.1. The number of rotatable bonds is 4. The molecule has 2 aromatic carbocycles. The molecule has 1 amide bonds. The molecule has 0 radical (unpaired) electrons. The van der Waals surface area contributed by atoms with E-state index in [4.69, 9.17) is 11.6 Å². The highest BCUT2D eigenvalue weighted by atomic mass is 35.5. The van der Waals surface area contributed by atoms with Gasteiger partial charge in [0.25, 0.3) is 5.91 Å². The van der Waals surface area contributed by atoms with Crippen LogP contribution in [0.15, 0.2) is 66.4 Å². The number of carbonyl (C=O) groups is 2. The summed E-state index contributed by atoms with van der Waals surface area (Å²) in [6.07, 6.45) is 2.71. The topological polar surface area (TPSA) is 58.2 Å². The Bertz CT molecular complexity index is 787. The van der Waals surface area contributed by atoms with Crippen molar-refractivity contribution in [1.82, 2.24) is 10.9 Å². The lowest BCUT2D eigenvalue weighted by Gasteiger charge is -2.23. The van der Waals surface area contributed by atoms with E-state index >= 15 is 0 Å². The van der Waals surface area contributed by atoms with E-state index in [0.29, 0.717) is 29.1 Å². The quantitative estimate of drug-likeness (QED) is 0.836. The summed E-state index contributed by atoms with van der Waals surface area (Å²) in [5.74, 6) is -0.128. The predicted octanol–water partition coefficient (Wildman–Crippen LogP) is 3.61. The standard InChI is InChI=1S/C19H17ClN2O2/c20-16-8-4-7-14(9-16)19(24)22-21-17-10-15(11-18(23)12-17)13-5-2-1-3-6-13/h1-9,12,15,21H,10-11H2,(H,22,24)/t15-/m0/s1. The average molecular weight is 341 g/mol. The van der Waals surface area contributed by atoms with Gasteiger partial charge in [0, 0.05) is 28.8 Å². The van der Waals surface area contributed by atoms with Crippen molar-refractivity contribution in [2.45, 2.75) is 18.8 Å². The Labute approximate surface area is 145 Å². The molecule has 5 heteroatoms. The molecule has 2 N–H and O–H groups in total. The lowest BCUT2D eigenvalue weighted by atomic mass is 9.86. The highest BCUT2D eigenvalue weighted by Crippen LogP contribution is 2.30. The molecule has 122 valence electrons. The Morgan fingerprint density at radius 3 is 2.58 bits per heavy atom. The number of nitrogens with one attached hydrogen (secondary N) is 2. The van der Waals surface area contributed by atoms with Crippen molar-refractivity contribution in [1.29, 1.82) is 0 Å². The predicted molar refractivity (Wildman–Crippen MR) is 93.6 cm³/mol. The molecule has 0 aliphatic heterocycles. The van der Waals surface area contributed by atoms with Gasteiger partial charge in [-0.1, -0.05) is 48.0 Å². The van der Waals surface area contributed by atoms with Crippen LogP contribution in [0.4, 0.5) is 0 Å². The van der Waals surface area contributed by atoms with Crippen LogP contribution in [0, 0.1) is 0 Å². The number of amides is 1. The third-order valence-electron chi connectivity index (χ3n) is 3.94. The number of allylic oxidation sites excluding steroid dienone is 2. The van der Waals surface area contributed by atoms with Gasteiger partial charge in [-0.05, 0) is 36.1 Å². The summed E-state index contributed by atoms with van der Waals surface area (Å²) in [5, 5.41) is 0.499. The molecule has 0 aromatic heterocycles. The van der Waals surface area contributed by atoms with Crippen LogP contribution >= 0.6 is 11.6 Å². The molecule has 0 unspecified atom stereocenters. The fourth-order valence-electron chi connectivity index (χ4n) is 2.78. The lowest BCUT2D eigenvalue weighted by Crippen LogP contribution is -2.38. The Morgan fingerprint density at radius 1 is 1.04 bits per heavy atom. The van der Waals surface area contributed by atoms with Gasteiger partial charge < -0.3 is 5.43 Å². The van der Waals surface area contributed by atoms with Gasteiger partial charge >= 0.3 is 0 Å². The van der Waals surface area contributed by atoms with Crippen molar-refractivity contribution in [2.75, 3.05) is 0 Å². The lowest BCUT2D eigenvalue weighted by molar-refractivity contribution is -0.115. The van der Waals surface area contributed by atoms with Gasteiger partial charge in [0.05, 0.1) is 0 Å². The van der Waals surface area contributed by atoms with Gasteiger partial charge in [-0.25, -0.2) is 0 Å². The van der Waals surface area contributed by atoms with E-state index in [1.807, 2.05) is 30.3 Å². The van der Waals surface area contributed by atoms with Crippen LogP contribution in [-0.2, 0) is 4.79 Å². The first-order valence-electron chi connectivity index (χ1n) is 7.72. The molecular formula is C19H17ClN2O2. The summed E-state index contributed by atoms with van der Waals surface area (Å²) in [6.45, 7) is 0. The number of hydrazine groups is 1. The smallest absolute Gasteiger partial charge is 0.269 e. The first-order chi connectivity index (χ1) is 11.6. The van der Waals surface area contributed by atoms with Crippen molar-refractivity contribution in [3.8, 4) is 0 Å². The zero-order chi connectivity index (χ0) is 16.9. The molecule has 0 heterocycles. The van der Waals surface area contributed by atoms with Crippen LogP contribution in [-0.4, -0.2) is 11.7 Å². The van der Waals surface area contributed by atoms with Crippen molar-refractivity contribution in [2.24, 2.45) is 0 Å². The van der Waals surface area contributed by atoms with Gasteiger partial charge in [-0.2, -0.15) is 0 Å². The van der Waals surface area contributed by atoms with Crippen LogP contribution in [0.2, 0.25) is 5.02 Å². The minimum absolute atomic E-state index is 0.0506. The minimum atomic E-state index is -0.298. The van der Waals surface area contributed by atoms with Crippen LogP contribution in [0.5, 0.6) is 0 Å². The van der Waals surface area contributed by atoms with Crippen molar-refractivity contribution < 1.29 is 9.59 Å². The molecule has 0 spiro atoms. The van der Waals surface area contributed by atoms with Crippen LogP contribution in [0.1, 0.15) is 34.7 Å². The maximum Gasteiger partial charge on any atom is 0.269 e. The maximum absolute atomic E-state index is 12.1. The van der Waals surface area contributed by atoms with Crippen molar-refractivity contribution >= 4 is 23.3 Å². The summed E-state index contributed by atoms with van der Waals surface area (Å²) < 4.78 is 0. The second-order valence-electron chi connectivity index (χ2n) is 5.74. The van der Waals surface area contributed by atoms with Crippen LogP contribution < -0.4 is 10.9 Å². The van der Waals surface area contributed by atoms with Gasteiger partial charge in [0.2, 0.25) is 0 Å².